The zero-order valence-electron chi connectivity index (χ0n) is 10.5. The SMILES string of the molecule is CNCC1(C(=O)c2cccc(OC)c2)CCC1. The van der Waals surface area contributed by atoms with E-state index in [1.165, 1.54) is 0 Å². The quantitative estimate of drug-likeness (QED) is 0.793. The van der Waals surface area contributed by atoms with Gasteiger partial charge in [0.15, 0.2) is 5.78 Å². The first-order valence-electron chi connectivity index (χ1n) is 6.05. The summed E-state index contributed by atoms with van der Waals surface area (Å²) in [6, 6.07) is 7.44. The Morgan fingerprint density at radius 3 is 2.76 bits per heavy atom. The summed E-state index contributed by atoms with van der Waals surface area (Å²) in [6.45, 7) is 0.767. The lowest BCUT2D eigenvalue weighted by molar-refractivity contribution is 0.0614. The molecule has 1 aromatic carbocycles. The molecule has 17 heavy (non-hydrogen) atoms. The Kier molecular flexibility index (Phi) is 3.48. The Balaban J connectivity index is 2.23. The number of ether oxygens (including phenoxy) is 1. The van der Waals surface area contributed by atoms with Gasteiger partial charge in [0, 0.05) is 17.5 Å². The molecule has 3 nitrogen and oxygen atoms in total. The third-order valence-corrected chi connectivity index (χ3v) is 3.64. The maximum atomic E-state index is 12.5. The highest BCUT2D eigenvalue weighted by Gasteiger charge is 2.43. The molecule has 0 aromatic heterocycles. The fourth-order valence-electron chi connectivity index (χ4n) is 2.50. The van der Waals surface area contributed by atoms with Crippen LogP contribution in [0.2, 0.25) is 0 Å². The van der Waals surface area contributed by atoms with Crippen LogP contribution in [0.4, 0.5) is 0 Å². The molecular weight excluding hydrogens is 214 g/mol. The fourth-order valence-corrected chi connectivity index (χ4v) is 2.50. The first-order valence-corrected chi connectivity index (χ1v) is 6.05. The summed E-state index contributed by atoms with van der Waals surface area (Å²) in [7, 11) is 3.52. The predicted molar refractivity (Wildman–Crippen MR) is 67.5 cm³/mol. The maximum Gasteiger partial charge on any atom is 0.170 e. The summed E-state index contributed by atoms with van der Waals surface area (Å²) < 4.78 is 5.16. The van der Waals surface area contributed by atoms with E-state index < -0.39 is 0 Å². The van der Waals surface area contributed by atoms with Crippen molar-refractivity contribution in [1.82, 2.24) is 5.32 Å². The number of hydrogen-bond acceptors (Lipinski definition) is 3. The average molecular weight is 233 g/mol. The van der Waals surface area contributed by atoms with Gasteiger partial charge in [0.05, 0.1) is 7.11 Å². The van der Waals surface area contributed by atoms with Crippen molar-refractivity contribution < 1.29 is 9.53 Å². The van der Waals surface area contributed by atoms with Crippen LogP contribution in [-0.4, -0.2) is 26.5 Å². The molecule has 2 rings (SSSR count). The zero-order chi connectivity index (χ0) is 12.3. The number of Topliss-reactive ketones (excluding diaryl/α,β-unsaturated/α-hetero) is 1. The lowest BCUT2D eigenvalue weighted by Crippen LogP contribution is -2.45. The standard InChI is InChI=1S/C14H19NO2/c1-15-10-14(7-4-8-14)13(16)11-5-3-6-12(9-11)17-2/h3,5-6,9,15H,4,7-8,10H2,1-2H3. The minimum atomic E-state index is -0.179. The van der Waals surface area contributed by atoms with Crippen molar-refractivity contribution in [3.8, 4) is 5.75 Å². The summed E-state index contributed by atoms with van der Waals surface area (Å²) in [5.74, 6) is 0.992. The van der Waals surface area contributed by atoms with Crippen molar-refractivity contribution in [2.45, 2.75) is 19.3 Å². The van der Waals surface area contributed by atoms with Crippen LogP contribution in [0, 0.1) is 5.41 Å². The van der Waals surface area contributed by atoms with Gasteiger partial charge in [0.1, 0.15) is 5.75 Å². The van der Waals surface area contributed by atoms with Gasteiger partial charge in [-0.15, -0.1) is 0 Å². The molecule has 3 heteroatoms. The maximum absolute atomic E-state index is 12.5. The van der Waals surface area contributed by atoms with Crippen LogP contribution in [0.25, 0.3) is 0 Å². The number of carbonyl (C=O) groups excluding carboxylic acids is 1. The molecule has 1 aromatic rings. The van der Waals surface area contributed by atoms with Crippen molar-refractivity contribution in [2.24, 2.45) is 5.41 Å². The van der Waals surface area contributed by atoms with Crippen LogP contribution < -0.4 is 10.1 Å². The van der Waals surface area contributed by atoms with E-state index in [1.807, 2.05) is 31.3 Å². The van der Waals surface area contributed by atoms with Crippen LogP contribution in [-0.2, 0) is 0 Å². The van der Waals surface area contributed by atoms with Gasteiger partial charge < -0.3 is 10.1 Å². The van der Waals surface area contributed by atoms with Gasteiger partial charge >= 0.3 is 0 Å². The first-order chi connectivity index (χ1) is 8.22. The summed E-state index contributed by atoms with van der Waals surface area (Å²) in [4.78, 5) is 12.5. The summed E-state index contributed by atoms with van der Waals surface area (Å²) in [5, 5.41) is 3.14. The number of ketones is 1. The molecule has 1 N–H and O–H groups in total. The van der Waals surface area contributed by atoms with Crippen molar-refractivity contribution >= 4 is 5.78 Å². The number of carbonyl (C=O) groups is 1. The van der Waals surface area contributed by atoms with E-state index in [0.29, 0.717) is 0 Å². The van der Waals surface area contributed by atoms with Gasteiger partial charge in [-0.05, 0) is 32.0 Å². The highest BCUT2D eigenvalue weighted by atomic mass is 16.5. The molecule has 0 amide bonds. The molecule has 1 fully saturated rings. The summed E-state index contributed by atoms with van der Waals surface area (Å²) in [5.41, 5.74) is 0.584. The Labute approximate surface area is 102 Å². The predicted octanol–water partition coefficient (Wildman–Crippen LogP) is 2.27. The molecule has 0 saturated heterocycles. The largest absolute Gasteiger partial charge is 0.497 e. The fraction of sp³-hybridized carbons (Fsp3) is 0.500. The van der Waals surface area contributed by atoms with Crippen LogP contribution in [0.3, 0.4) is 0 Å². The zero-order valence-corrected chi connectivity index (χ0v) is 10.5. The number of benzene rings is 1. The van der Waals surface area contributed by atoms with Crippen LogP contribution >= 0.6 is 0 Å². The average Bonchev–Trinajstić information content (AvgIpc) is 2.33. The number of hydrogen-bond donors (Lipinski definition) is 1. The van der Waals surface area contributed by atoms with E-state index in [1.54, 1.807) is 7.11 Å². The van der Waals surface area contributed by atoms with E-state index >= 15 is 0 Å². The van der Waals surface area contributed by atoms with Gasteiger partial charge in [-0.3, -0.25) is 4.79 Å². The summed E-state index contributed by atoms with van der Waals surface area (Å²) >= 11 is 0. The lowest BCUT2D eigenvalue weighted by atomic mass is 9.64. The molecular formula is C14H19NO2. The molecule has 1 aliphatic rings. The molecule has 1 aliphatic carbocycles. The Morgan fingerprint density at radius 2 is 2.24 bits per heavy atom. The van der Waals surface area contributed by atoms with Gasteiger partial charge in [0.25, 0.3) is 0 Å². The molecule has 0 spiro atoms. The van der Waals surface area contributed by atoms with Crippen molar-refractivity contribution in [2.75, 3.05) is 20.7 Å². The number of nitrogens with one attached hydrogen (secondary N) is 1. The topological polar surface area (TPSA) is 38.3 Å². The van der Waals surface area contributed by atoms with Crippen molar-refractivity contribution in [3.05, 3.63) is 29.8 Å². The molecule has 0 unspecified atom stereocenters. The van der Waals surface area contributed by atoms with Crippen LogP contribution in [0.1, 0.15) is 29.6 Å². The van der Waals surface area contributed by atoms with Crippen molar-refractivity contribution in [1.29, 1.82) is 0 Å². The van der Waals surface area contributed by atoms with E-state index in [9.17, 15) is 4.79 Å². The van der Waals surface area contributed by atoms with Gasteiger partial charge in [-0.25, -0.2) is 0 Å². The second-order valence-corrected chi connectivity index (χ2v) is 4.73. The van der Waals surface area contributed by atoms with Crippen LogP contribution in [0.5, 0.6) is 5.75 Å². The van der Waals surface area contributed by atoms with E-state index in [-0.39, 0.29) is 11.2 Å². The minimum absolute atomic E-state index is 0.179. The molecule has 1 saturated carbocycles. The third kappa shape index (κ3) is 2.20. The minimum Gasteiger partial charge on any atom is -0.497 e. The van der Waals surface area contributed by atoms with Gasteiger partial charge in [-0.2, -0.15) is 0 Å². The highest BCUT2D eigenvalue weighted by Crippen LogP contribution is 2.43. The molecule has 0 radical (unpaired) electrons. The Hall–Kier alpha value is -1.35. The Bertz CT molecular complexity index is 410. The number of methoxy groups -OCH3 is 1. The molecule has 0 atom stereocenters. The van der Waals surface area contributed by atoms with E-state index in [4.69, 9.17) is 4.74 Å². The molecule has 0 bridgehead atoms. The summed E-state index contributed by atoms with van der Waals surface area (Å²) in [6.07, 6.45) is 3.13. The van der Waals surface area contributed by atoms with E-state index in [2.05, 4.69) is 5.32 Å². The Morgan fingerprint density at radius 1 is 1.47 bits per heavy atom. The second kappa shape index (κ2) is 4.88. The second-order valence-electron chi connectivity index (χ2n) is 4.73. The smallest absolute Gasteiger partial charge is 0.170 e. The highest BCUT2D eigenvalue weighted by molar-refractivity contribution is 6.01. The monoisotopic (exact) mass is 233 g/mol. The van der Waals surface area contributed by atoms with Gasteiger partial charge in [-0.1, -0.05) is 18.6 Å². The normalized spacial score (nSPS) is 17.3. The van der Waals surface area contributed by atoms with Crippen molar-refractivity contribution in [3.63, 3.8) is 0 Å². The lowest BCUT2D eigenvalue weighted by Gasteiger charge is -2.40. The number of rotatable bonds is 5. The molecule has 0 aliphatic heterocycles. The van der Waals surface area contributed by atoms with E-state index in [0.717, 1.165) is 37.1 Å². The third-order valence-electron chi connectivity index (χ3n) is 3.64. The first kappa shape index (κ1) is 12.1. The van der Waals surface area contributed by atoms with Gasteiger partial charge in [0.2, 0.25) is 0 Å². The molecule has 0 heterocycles. The van der Waals surface area contributed by atoms with Crippen LogP contribution in [0.15, 0.2) is 24.3 Å². The molecule has 92 valence electrons.